The maximum absolute atomic E-state index is 3.65. The molecule has 0 saturated carbocycles. The SMILES string of the molecule is CC(C)CCC(C)NCc1cc2c(s1)CCC2. The molecule has 0 saturated heterocycles. The predicted molar refractivity (Wildman–Crippen MR) is 76.7 cm³/mol. The van der Waals surface area contributed by atoms with Crippen LogP contribution in [0.25, 0.3) is 0 Å². The number of aryl methyl sites for hydroxylation is 2. The lowest BCUT2D eigenvalue weighted by atomic mass is 10.0. The van der Waals surface area contributed by atoms with Crippen molar-refractivity contribution in [2.45, 2.75) is 65.5 Å². The van der Waals surface area contributed by atoms with Crippen LogP contribution in [0, 0.1) is 5.92 Å². The van der Waals surface area contributed by atoms with Crippen LogP contribution < -0.4 is 5.32 Å². The molecule has 0 spiro atoms. The third kappa shape index (κ3) is 3.82. The summed E-state index contributed by atoms with van der Waals surface area (Å²) in [5.74, 6) is 0.824. The zero-order valence-electron chi connectivity index (χ0n) is 11.4. The van der Waals surface area contributed by atoms with Crippen LogP contribution in [-0.2, 0) is 19.4 Å². The van der Waals surface area contributed by atoms with Crippen LogP contribution in [0.5, 0.6) is 0 Å². The van der Waals surface area contributed by atoms with E-state index < -0.39 is 0 Å². The van der Waals surface area contributed by atoms with Crippen LogP contribution >= 0.6 is 11.3 Å². The van der Waals surface area contributed by atoms with Gasteiger partial charge in [-0.3, -0.25) is 0 Å². The highest BCUT2D eigenvalue weighted by atomic mass is 32.1. The molecule has 2 heteroatoms. The average Bonchev–Trinajstić information content (AvgIpc) is 2.83. The summed E-state index contributed by atoms with van der Waals surface area (Å²) in [4.78, 5) is 3.18. The van der Waals surface area contributed by atoms with Gasteiger partial charge in [-0.2, -0.15) is 0 Å². The third-order valence-electron chi connectivity index (χ3n) is 3.60. The lowest BCUT2D eigenvalue weighted by Crippen LogP contribution is -2.25. The lowest BCUT2D eigenvalue weighted by Gasteiger charge is -2.14. The Morgan fingerprint density at radius 1 is 1.24 bits per heavy atom. The number of rotatable bonds is 6. The van der Waals surface area contributed by atoms with E-state index >= 15 is 0 Å². The van der Waals surface area contributed by atoms with Gasteiger partial charge in [0, 0.05) is 22.3 Å². The zero-order chi connectivity index (χ0) is 12.3. The number of hydrogen-bond acceptors (Lipinski definition) is 2. The molecule has 0 bridgehead atoms. The molecule has 1 aromatic rings. The Kier molecular flexibility index (Phi) is 4.63. The van der Waals surface area contributed by atoms with Gasteiger partial charge in [0.15, 0.2) is 0 Å². The zero-order valence-corrected chi connectivity index (χ0v) is 12.2. The first-order valence-corrected chi connectivity index (χ1v) is 7.80. The third-order valence-corrected chi connectivity index (χ3v) is 4.84. The maximum Gasteiger partial charge on any atom is 0.0302 e. The molecule has 1 aliphatic carbocycles. The van der Waals surface area contributed by atoms with E-state index in [1.54, 1.807) is 10.4 Å². The first-order valence-electron chi connectivity index (χ1n) is 6.99. The summed E-state index contributed by atoms with van der Waals surface area (Å²) in [5, 5.41) is 3.65. The van der Waals surface area contributed by atoms with Gasteiger partial charge in [-0.1, -0.05) is 13.8 Å². The van der Waals surface area contributed by atoms with Crippen LogP contribution in [0.1, 0.15) is 55.4 Å². The summed E-state index contributed by atoms with van der Waals surface area (Å²) in [5.41, 5.74) is 1.63. The van der Waals surface area contributed by atoms with Gasteiger partial charge in [0.05, 0.1) is 0 Å². The molecule has 1 aliphatic rings. The second-order valence-corrected chi connectivity index (χ2v) is 6.99. The van der Waals surface area contributed by atoms with Crippen molar-refractivity contribution in [1.82, 2.24) is 5.32 Å². The molecule has 0 aliphatic heterocycles. The van der Waals surface area contributed by atoms with Gasteiger partial charge in [0.1, 0.15) is 0 Å². The molecule has 0 aromatic carbocycles. The van der Waals surface area contributed by atoms with Gasteiger partial charge in [0.2, 0.25) is 0 Å². The smallest absolute Gasteiger partial charge is 0.0302 e. The average molecular weight is 251 g/mol. The van der Waals surface area contributed by atoms with Crippen molar-refractivity contribution in [1.29, 1.82) is 0 Å². The van der Waals surface area contributed by atoms with Crippen LogP contribution in [0.3, 0.4) is 0 Å². The van der Waals surface area contributed by atoms with Crippen molar-refractivity contribution in [3.63, 3.8) is 0 Å². The predicted octanol–water partition coefficient (Wildman–Crippen LogP) is 4.15. The quantitative estimate of drug-likeness (QED) is 0.801. The summed E-state index contributed by atoms with van der Waals surface area (Å²) < 4.78 is 0. The van der Waals surface area contributed by atoms with Gasteiger partial charge in [-0.05, 0) is 56.6 Å². The molecule has 0 amide bonds. The van der Waals surface area contributed by atoms with Crippen molar-refractivity contribution >= 4 is 11.3 Å². The van der Waals surface area contributed by atoms with Crippen molar-refractivity contribution in [2.75, 3.05) is 0 Å². The molecule has 1 unspecified atom stereocenters. The summed E-state index contributed by atoms with van der Waals surface area (Å²) >= 11 is 2.03. The van der Waals surface area contributed by atoms with Crippen LogP contribution in [0.15, 0.2) is 6.07 Å². The second-order valence-electron chi connectivity index (χ2n) is 5.77. The lowest BCUT2D eigenvalue weighted by molar-refractivity contribution is 0.452. The monoisotopic (exact) mass is 251 g/mol. The Hall–Kier alpha value is -0.340. The van der Waals surface area contributed by atoms with Gasteiger partial charge in [0.25, 0.3) is 0 Å². The molecule has 1 nitrogen and oxygen atoms in total. The topological polar surface area (TPSA) is 12.0 Å². The van der Waals surface area contributed by atoms with E-state index in [4.69, 9.17) is 0 Å². The van der Waals surface area contributed by atoms with E-state index in [-0.39, 0.29) is 0 Å². The largest absolute Gasteiger partial charge is 0.309 e. The first-order chi connectivity index (χ1) is 8.15. The van der Waals surface area contributed by atoms with Crippen LogP contribution in [0.2, 0.25) is 0 Å². The Bertz CT molecular complexity index is 332. The summed E-state index contributed by atoms with van der Waals surface area (Å²) in [6, 6.07) is 3.07. The fourth-order valence-electron chi connectivity index (χ4n) is 2.44. The summed E-state index contributed by atoms with van der Waals surface area (Å²) in [6.45, 7) is 7.98. The molecule has 0 radical (unpaired) electrons. The molecule has 1 N–H and O–H groups in total. The van der Waals surface area contributed by atoms with Crippen molar-refractivity contribution in [3.05, 3.63) is 21.4 Å². The molecular weight excluding hydrogens is 226 g/mol. The Morgan fingerprint density at radius 2 is 2.06 bits per heavy atom. The molecule has 0 fully saturated rings. The minimum absolute atomic E-state index is 0.648. The molecule has 2 rings (SSSR count). The molecule has 17 heavy (non-hydrogen) atoms. The highest BCUT2D eigenvalue weighted by Crippen LogP contribution is 2.30. The first kappa shape index (κ1) is 13.1. The van der Waals surface area contributed by atoms with Crippen molar-refractivity contribution in [3.8, 4) is 0 Å². The van der Waals surface area contributed by atoms with E-state index in [9.17, 15) is 0 Å². The highest BCUT2D eigenvalue weighted by molar-refractivity contribution is 7.12. The highest BCUT2D eigenvalue weighted by Gasteiger charge is 2.14. The van der Waals surface area contributed by atoms with Gasteiger partial charge in [-0.15, -0.1) is 11.3 Å². The second kappa shape index (κ2) is 6.01. The minimum Gasteiger partial charge on any atom is -0.309 e. The fourth-order valence-corrected chi connectivity index (χ4v) is 3.65. The molecular formula is C15H25NS. The number of nitrogens with one attached hydrogen (secondary N) is 1. The van der Waals surface area contributed by atoms with E-state index in [2.05, 4.69) is 32.2 Å². The van der Waals surface area contributed by atoms with Gasteiger partial charge in [-0.25, -0.2) is 0 Å². The fraction of sp³-hybridized carbons (Fsp3) is 0.733. The van der Waals surface area contributed by atoms with E-state index in [0.29, 0.717) is 6.04 Å². The normalized spacial score (nSPS) is 16.5. The van der Waals surface area contributed by atoms with Crippen molar-refractivity contribution < 1.29 is 0 Å². The standard InChI is InChI=1S/C15H25NS/c1-11(2)7-8-12(3)16-10-14-9-13-5-4-6-15(13)17-14/h9,11-12,16H,4-8,10H2,1-3H3. The van der Waals surface area contributed by atoms with E-state index in [1.165, 1.54) is 37.0 Å². The number of fused-ring (bicyclic) bond motifs is 1. The minimum atomic E-state index is 0.648. The van der Waals surface area contributed by atoms with Crippen LogP contribution in [0.4, 0.5) is 0 Å². The summed E-state index contributed by atoms with van der Waals surface area (Å²) in [7, 11) is 0. The Balaban J connectivity index is 1.73. The van der Waals surface area contributed by atoms with E-state index in [0.717, 1.165) is 12.5 Å². The molecule has 1 heterocycles. The molecule has 1 atom stereocenters. The van der Waals surface area contributed by atoms with Gasteiger partial charge < -0.3 is 5.32 Å². The number of hydrogen-bond donors (Lipinski definition) is 1. The summed E-state index contributed by atoms with van der Waals surface area (Å²) in [6.07, 6.45) is 6.63. The molecule has 96 valence electrons. The maximum atomic E-state index is 3.65. The molecule has 1 aromatic heterocycles. The Morgan fingerprint density at radius 3 is 2.76 bits per heavy atom. The van der Waals surface area contributed by atoms with Gasteiger partial charge >= 0.3 is 0 Å². The van der Waals surface area contributed by atoms with E-state index in [1.807, 2.05) is 11.3 Å². The van der Waals surface area contributed by atoms with Crippen molar-refractivity contribution in [2.24, 2.45) is 5.92 Å². The Labute approximate surface area is 110 Å². The number of thiophene rings is 1. The van der Waals surface area contributed by atoms with Crippen LogP contribution in [-0.4, -0.2) is 6.04 Å².